The molecule has 1 aromatic carbocycles. The molecule has 0 bridgehead atoms. The Kier molecular flexibility index (Phi) is 3.54. The molecule has 0 saturated carbocycles. The van der Waals surface area contributed by atoms with Crippen LogP contribution in [-0.2, 0) is 13.1 Å². The molecule has 1 atom stereocenters. The number of β-amino-alcohol motifs (C(OH)–C–C–N with tert-alkyl or cyclic N) is 1. The van der Waals surface area contributed by atoms with E-state index in [2.05, 4.69) is 45.6 Å². The fourth-order valence-corrected chi connectivity index (χ4v) is 2.81. The number of aliphatic hydroxyl groups is 1. The third-order valence-electron chi connectivity index (χ3n) is 3.93. The number of hydrogen-bond donors (Lipinski definition) is 1. The van der Waals surface area contributed by atoms with Crippen molar-refractivity contribution in [3.8, 4) is 0 Å². The summed E-state index contributed by atoms with van der Waals surface area (Å²) in [6, 6.07) is 6.20. The highest BCUT2D eigenvalue weighted by atomic mass is 16.3. The number of benzene rings is 1. The second kappa shape index (κ2) is 5.34. The molecule has 2 heterocycles. The van der Waals surface area contributed by atoms with Gasteiger partial charge < -0.3 is 9.67 Å². The molecule has 1 aliphatic heterocycles. The first kappa shape index (κ1) is 13.3. The van der Waals surface area contributed by atoms with Crippen LogP contribution in [-0.4, -0.2) is 37.9 Å². The summed E-state index contributed by atoms with van der Waals surface area (Å²) >= 11 is 0. The second-order valence-electron chi connectivity index (χ2n) is 5.55. The molecule has 0 fully saturated rings. The zero-order chi connectivity index (χ0) is 14.1. The van der Waals surface area contributed by atoms with Crippen molar-refractivity contribution in [3.05, 3.63) is 47.0 Å². The van der Waals surface area contributed by atoms with Gasteiger partial charge in [-0.3, -0.25) is 4.90 Å². The minimum absolute atomic E-state index is 0.454. The van der Waals surface area contributed by atoms with Crippen LogP contribution in [0.5, 0.6) is 0 Å². The van der Waals surface area contributed by atoms with Gasteiger partial charge in [-0.2, -0.15) is 0 Å². The Hall–Kier alpha value is -1.72. The largest absolute Gasteiger partial charge is 0.387 e. The molecule has 5 nitrogen and oxygen atoms in total. The summed E-state index contributed by atoms with van der Waals surface area (Å²) < 4.78 is 2.07. The van der Waals surface area contributed by atoms with Crippen molar-refractivity contribution >= 4 is 0 Å². The molecule has 5 heteroatoms. The summed E-state index contributed by atoms with van der Waals surface area (Å²) in [5, 5.41) is 18.5. The van der Waals surface area contributed by atoms with Crippen LogP contribution in [0.2, 0.25) is 0 Å². The van der Waals surface area contributed by atoms with E-state index >= 15 is 0 Å². The summed E-state index contributed by atoms with van der Waals surface area (Å²) in [4.78, 5) is 2.23. The van der Waals surface area contributed by atoms with Crippen LogP contribution >= 0.6 is 0 Å². The number of aliphatic hydroxyl groups excluding tert-OH is 1. The van der Waals surface area contributed by atoms with E-state index in [1.807, 2.05) is 6.07 Å². The molecular formula is C15H20N4O. The van der Waals surface area contributed by atoms with Gasteiger partial charge in [-0.15, -0.1) is 10.2 Å². The molecule has 2 aromatic rings. The first-order valence-electron chi connectivity index (χ1n) is 6.98. The first-order chi connectivity index (χ1) is 9.63. The van der Waals surface area contributed by atoms with Crippen LogP contribution in [0.1, 0.15) is 28.6 Å². The highest BCUT2D eigenvalue weighted by molar-refractivity contribution is 5.32. The summed E-state index contributed by atoms with van der Waals surface area (Å²) in [6.07, 6.45) is 1.32. The molecular weight excluding hydrogens is 252 g/mol. The Labute approximate surface area is 118 Å². The topological polar surface area (TPSA) is 54.2 Å². The van der Waals surface area contributed by atoms with Crippen molar-refractivity contribution in [2.75, 3.05) is 13.1 Å². The predicted molar refractivity (Wildman–Crippen MR) is 76.2 cm³/mol. The number of aromatic nitrogens is 3. The van der Waals surface area contributed by atoms with Crippen molar-refractivity contribution in [2.45, 2.75) is 33.0 Å². The average Bonchev–Trinajstić information content (AvgIpc) is 2.85. The van der Waals surface area contributed by atoms with E-state index in [-0.39, 0.29) is 0 Å². The molecule has 0 spiro atoms. The number of rotatable bonds is 3. The zero-order valence-electron chi connectivity index (χ0n) is 12.0. The number of fused-ring (bicyclic) bond motifs is 1. The molecule has 1 aromatic heterocycles. The minimum Gasteiger partial charge on any atom is -0.387 e. The van der Waals surface area contributed by atoms with Gasteiger partial charge in [0.1, 0.15) is 12.2 Å². The van der Waals surface area contributed by atoms with Gasteiger partial charge in [0, 0.05) is 19.6 Å². The lowest BCUT2D eigenvalue weighted by Crippen LogP contribution is -2.36. The monoisotopic (exact) mass is 272 g/mol. The molecule has 106 valence electrons. The van der Waals surface area contributed by atoms with Crippen LogP contribution < -0.4 is 0 Å². The summed E-state index contributed by atoms with van der Waals surface area (Å²) in [5.74, 6) is 0.976. The van der Waals surface area contributed by atoms with E-state index in [0.29, 0.717) is 6.54 Å². The molecule has 0 aliphatic carbocycles. The fourth-order valence-electron chi connectivity index (χ4n) is 2.81. The Morgan fingerprint density at radius 3 is 2.95 bits per heavy atom. The van der Waals surface area contributed by atoms with Crippen molar-refractivity contribution in [1.29, 1.82) is 0 Å². The van der Waals surface area contributed by atoms with E-state index in [1.165, 1.54) is 5.56 Å². The highest BCUT2D eigenvalue weighted by Crippen LogP contribution is 2.21. The third-order valence-corrected chi connectivity index (χ3v) is 3.93. The third kappa shape index (κ3) is 2.59. The first-order valence-corrected chi connectivity index (χ1v) is 6.98. The molecule has 1 unspecified atom stereocenters. The van der Waals surface area contributed by atoms with Crippen LogP contribution in [0, 0.1) is 13.8 Å². The maximum Gasteiger partial charge on any atom is 0.147 e. The molecule has 20 heavy (non-hydrogen) atoms. The fraction of sp³-hybridized carbons (Fsp3) is 0.467. The van der Waals surface area contributed by atoms with E-state index < -0.39 is 6.10 Å². The van der Waals surface area contributed by atoms with Crippen LogP contribution in [0.3, 0.4) is 0 Å². The lowest BCUT2D eigenvalue weighted by Gasteiger charge is -2.29. The quantitative estimate of drug-likeness (QED) is 0.918. The molecule has 0 amide bonds. The Morgan fingerprint density at radius 2 is 2.15 bits per heavy atom. The summed E-state index contributed by atoms with van der Waals surface area (Å²) in [7, 11) is 0. The smallest absolute Gasteiger partial charge is 0.147 e. The molecule has 1 N–H and O–H groups in total. The minimum atomic E-state index is -0.454. The highest BCUT2D eigenvalue weighted by Gasteiger charge is 2.21. The maximum absolute atomic E-state index is 10.5. The molecule has 0 radical (unpaired) electrons. The van der Waals surface area contributed by atoms with Gasteiger partial charge in [-0.1, -0.05) is 23.8 Å². The van der Waals surface area contributed by atoms with Crippen molar-refractivity contribution in [1.82, 2.24) is 19.7 Å². The standard InChI is InChI=1S/C15H20N4O/c1-11-3-4-13(12(2)7-11)14(20)8-18-5-6-19-10-16-17-15(19)9-18/h3-4,7,10,14,20H,5-6,8-9H2,1-2H3. The van der Waals surface area contributed by atoms with Gasteiger partial charge in [-0.05, 0) is 25.0 Å². The van der Waals surface area contributed by atoms with Crippen molar-refractivity contribution < 1.29 is 5.11 Å². The molecule has 1 aliphatic rings. The van der Waals surface area contributed by atoms with E-state index in [0.717, 1.165) is 36.6 Å². The normalized spacial score (nSPS) is 16.9. The van der Waals surface area contributed by atoms with Crippen LogP contribution in [0.25, 0.3) is 0 Å². The number of nitrogens with zero attached hydrogens (tertiary/aromatic N) is 4. The van der Waals surface area contributed by atoms with Gasteiger partial charge >= 0.3 is 0 Å². The maximum atomic E-state index is 10.5. The van der Waals surface area contributed by atoms with Gasteiger partial charge in [0.05, 0.1) is 12.6 Å². The van der Waals surface area contributed by atoms with Gasteiger partial charge in [0.25, 0.3) is 0 Å². The number of aryl methyl sites for hydroxylation is 2. The Bertz CT molecular complexity index is 608. The predicted octanol–water partition coefficient (Wildman–Crippen LogP) is 1.44. The average molecular weight is 272 g/mol. The van der Waals surface area contributed by atoms with Crippen molar-refractivity contribution in [2.24, 2.45) is 0 Å². The van der Waals surface area contributed by atoms with Gasteiger partial charge in [0.2, 0.25) is 0 Å². The Morgan fingerprint density at radius 1 is 1.30 bits per heavy atom. The van der Waals surface area contributed by atoms with E-state index in [9.17, 15) is 5.11 Å². The van der Waals surface area contributed by atoms with Gasteiger partial charge in [0.15, 0.2) is 0 Å². The van der Waals surface area contributed by atoms with Crippen LogP contribution in [0.4, 0.5) is 0 Å². The second-order valence-corrected chi connectivity index (χ2v) is 5.55. The molecule has 3 rings (SSSR count). The van der Waals surface area contributed by atoms with Gasteiger partial charge in [-0.25, -0.2) is 0 Å². The Balaban J connectivity index is 1.69. The zero-order valence-corrected chi connectivity index (χ0v) is 12.0. The van der Waals surface area contributed by atoms with Crippen molar-refractivity contribution in [3.63, 3.8) is 0 Å². The van der Waals surface area contributed by atoms with Crippen LogP contribution in [0.15, 0.2) is 24.5 Å². The SMILES string of the molecule is Cc1ccc(C(O)CN2CCn3cnnc3C2)c(C)c1. The lowest BCUT2D eigenvalue weighted by atomic mass is 10.0. The number of hydrogen-bond acceptors (Lipinski definition) is 4. The summed E-state index contributed by atoms with van der Waals surface area (Å²) in [6.45, 7) is 7.33. The summed E-state index contributed by atoms with van der Waals surface area (Å²) in [5.41, 5.74) is 3.39. The van der Waals surface area contributed by atoms with E-state index in [1.54, 1.807) is 6.33 Å². The lowest BCUT2D eigenvalue weighted by molar-refractivity contribution is 0.0958. The molecule has 0 saturated heterocycles. The van der Waals surface area contributed by atoms with E-state index in [4.69, 9.17) is 0 Å².